The number of fused-ring (bicyclic) bond motifs is 1. The van der Waals surface area contributed by atoms with Crippen LogP contribution in [0, 0.1) is 5.41 Å². The highest BCUT2D eigenvalue weighted by molar-refractivity contribution is 6.17. The van der Waals surface area contributed by atoms with Crippen molar-refractivity contribution in [1.82, 2.24) is 0 Å². The first-order chi connectivity index (χ1) is 8.12. The molecule has 0 aromatic heterocycles. The molecule has 2 heteroatoms. The van der Waals surface area contributed by atoms with Crippen molar-refractivity contribution in [2.24, 2.45) is 5.41 Å². The molecule has 0 saturated carbocycles. The molecule has 86 valence electrons. The van der Waals surface area contributed by atoms with Gasteiger partial charge < -0.3 is 0 Å². The molecule has 1 aromatic rings. The second-order valence-corrected chi connectivity index (χ2v) is 5.12. The zero-order valence-electron chi connectivity index (χ0n) is 9.82. The van der Waals surface area contributed by atoms with E-state index in [1.807, 2.05) is 25.1 Å². The predicted molar refractivity (Wildman–Crippen MR) is 65.1 cm³/mol. The van der Waals surface area contributed by atoms with E-state index in [-0.39, 0.29) is 11.6 Å². The van der Waals surface area contributed by atoms with Crippen LogP contribution in [0.2, 0.25) is 0 Å². The van der Waals surface area contributed by atoms with Crippen LogP contribution in [-0.4, -0.2) is 11.6 Å². The highest BCUT2D eigenvalue weighted by atomic mass is 16.1. The number of ketones is 2. The summed E-state index contributed by atoms with van der Waals surface area (Å²) in [5, 5.41) is 0. The van der Waals surface area contributed by atoms with Crippen LogP contribution >= 0.6 is 0 Å². The van der Waals surface area contributed by atoms with E-state index in [0.29, 0.717) is 17.5 Å². The first kappa shape index (κ1) is 10.5. The molecular formula is C15H14O2. The Bertz CT molecular complexity index is 554. The summed E-state index contributed by atoms with van der Waals surface area (Å²) in [6.07, 6.45) is 4.09. The molecule has 2 nitrogen and oxygen atoms in total. The Labute approximate surface area is 100 Å². The van der Waals surface area contributed by atoms with Crippen molar-refractivity contribution in [3.05, 3.63) is 47.0 Å². The molecule has 2 aliphatic carbocycles. The van der Waals surface area contributed by atoms with Crippen molar-refractivity contribution in [1.29, 1.82) is 0 Å². The van der Waals surface area contributed by atoms with Crippen LogP contribution in [0.25, 0.3) is 0 Å². The fraction of sp³-hybridized carbons (Fsp3) is 0.333. The average Bonchev–Trinajstić information content (AvgIpc) is 2.69. The first-order valence-corrected chi connectivity index (χ1v) is 5.98. The maximum Gasteiger partial charge on any atom is 0.173 e. The third-order valence-electron chi connectivity index (χ3n) is 3.89. The molecule has 0 saturated heterocycles. The van der Waals surface area contributed by atoms with Crippen LogP contribution in [0.15, 0.2) is 35.9 Å². The van der Waals surface area contributed by atoms with Crippen molar-refractivity contribution in [2.45, 2.75) is 26.2 Å². The van der Waals surface area contributed by atoms with Crippen LogP contribution in [0.1, 0.15) is 46.9 Å². The Morgan fingerprint density at radius 3 is 2.47 bits per heavy atom. The Morgan fingerprint density at radius 2 is 1.82 bits per heavy atom. The van der Waals surface area contributed by atoms with Crippen molar-refractivity contribution in [3.63, 3.8) is 0 Å². The molecule has 0 radical (unpaired) electrons. The van der Waals surface area contributed by atoms with E-state index in [2.05, 4.69) is 0 Å². The maximum absolute atomic E-state index is 12.5. The lowest BCUT2D eigenvalue weighted by atomic mass is 9.69. The second kappa shape index (κ2) is 3.39. The minimum atomic E-state index is -0.532. The number of rotatable bonds is 0. The topological polar surface area (TPSA) is 34.1 Å². The zero-order chi connectivity index (χ0) is 12.0. The fourth-order valence-electron chi connectivity index (χ4n) is 3.01. The van der Waals surface area contributed by atoms with Crippen molar-refractivity contribution in [2.75, 3.05) is 0 Å². The third kappa shape index (κ3) is 1.40. The van der Waals surface area contributed by atoms with Crippen LogP contribution in [0.4, 0.5) is 0 Å². The summed E-state index contributed by atoms with van der Waals surface area (Å²) in [5.41, 5.74) is 1.90. The summed E-state index contributed by atoms with van der Waals surface area (Å²) in [6, 6.07) is 7.18. The Balaban J connectivity index is 2.16. The lowest BCUT2D eigenvalue weighted by Crippen LogP contribution is -2.35. The number of allylic oxidation sites excluding steroid dienone is 2. The van der Waals surface area contributed by atoms with E-state index in [1.54, 1.807) is 12.1 Å². The smallest absolute Gasteiger partial charge is 0.173 e. The molecule has 1 atom stereocenters. The molecule has 1 unspecified atom stereocenters. The lowest BCUT2D eigenvalue weighted by Gasteiger charge is -2.30. The molecule has 1 aromatic carbocycles. The number of carbonyl (C=O) groups is 2. The molecule has 0 heterocycles. The van der Waals surface area contributed by atoms with Gasteiger partial charge in [-0.2, -0.15) is 0 Å². The molecule has 0 N–H and O–H groups in total. The largest absolute Gasteiger partial charge is 0.294 e. The minimum absolute atomic E-state index is 0.103. The molecule has 0 bridgehead atoms. The molecular weight excluding hydrogens is 212 g/mol. The van der Waals surface area contributed by atoms with E-state index >= 15 is 0 Å². The van der Waals surface area contributed by atoms with Gasteiger partial charge in [0.15, 0.2) is 11.6 Å². The highest BCUT2D eigenvalue weighted by Gasteiger charge is 2.45. The number of Topliss-reactive ketones (excluding diaryl/α,β-unsaturated/α-hetero) is 2. The van der Waals surface area contributed by atoms with Crippen LogP contribution in [-0.2, 0) is 0 Å². The predicted octanol–water partition coefficient (Wildman–Crippen LogP) is 3.18. The van der Waals surface area contributed by atoms with E-state index in [1.165, 1.54) is 5.57 Å². The molecule has 2 aliphatic rings. The van der Waals surface area contributed by atoms with Gasteiger partial charge in [0.05, 0.1) is 5.41 Å². The van der Waals surface area contributed by atoms with E-state index in [9.17, 15) is 9.59 Å². The maximum atomic E-state index is 12.5. The minimum Gasteiger partial charge on any atom is -0.294 e. The van der Waals surface area contributed by atoms with Gasteiger partial charge in [-0.25, -0.2) is 0 Å². The second-order valence-electron chi connectivity index (χ2n) is 5.12. The molecule has 0 amide bonds. The zero-order valence-corrected chi connectivity index (χ0v) is 9.82. The number of benzene rings is 1. The van der Waals surface area contributed by atoms with Crippen molar-refractivity contribution in [3.8, 4) is 0 Å². The molecule has 3 rings (SSSR count). The molecule has 0 aliphatic heterocycles. The summed E-state index contributed by atoms with van der Waals surface area (Å²) in [7, 11) is 0. The van der Waals surface area contributed by atoms with Gasteiger partial charge in [0.1, 0.15) is 0 Å². The summed E-state index contributed by atoms with van der Waals surface area (Å²) in [6.45, 7) is 2.03. The quantitative estimate of drug-likeness (QED) is 0.637. The number of carbonyl (C=O) groups excluding carboxylic acids is 2. The summed E-state index contributed by atoms with van der Waals surface area (Å²) in [4.78, 5) is 24.7. The number of hydrogen-bond acceptors (Lipinski definition) is 2. The van der Waals surface area contributed by atoms with Gasteiger partial charge in [0.2, 0.25) is 0 Å². The van der Waals surface area contributed by atoms with Gasteiger partial charge in [-0.1, -0.05) is 35.9 Å². The Kier molecular flexibility index (Phi) is 2.09. The van der Waals surface area contributed by atoms with Gasteiger partial charge in [0, 0.05) is 17.5 Å². The molecule has 0 fully saturated rings. The highest BCUT2D eigenvalue weighted by Crippen LogP contribution is 2.45. The SMILES string of the molecule is CC1=CC2(CC1)CC(=O)c1ccccc1C2=O. The van der Waals surface area contributed by atoms with E-state index in [4.69, 9.17) is 0 Å². The molecule has 1 spiro atoms. The van der Waals surface area contributed by atoms with Gasteiger partial charge in [-0.05, 0) is 19.8 Å². The van der Waals surface area contributed by atoms with Gasteiger partial charge >= 0.3 is 0 Å². The van der Waals surface area contributed by atoms with Crippen LogP contribution in [0.5, 0.6) is 0 Å². The normalized spacial score (nSPS) is 27.2. The summed E-state index contributed by atoms with van der Waals surface area (Å²) in [5.74, 6) is 0.232. The Hall–Kier alpha value is -1.70. The van der Waals surface area contributed by atoms with Gasteiger partial charge in [-0.15, -0.1) is 0 Å². The standard InChI is InChI=1S/C15H14O2/c1-10-6-7-15(8-10)9-13(16)11-4-2-3-5-12(11)14(15)17/h2-5,8H,6-7,9H2,1H3. The van der Waals surface area contributed by atoms with Crippen LogP contribution in [0.3, 0.4) is 0 Å². The fourth-order valence-corrected chi connectivity index (χ4v) is 3.01. The van der Waals surface area contributed by atoms with Gasteiger partial charge in [0.25, 0.3) is 0 Å². The monoisotopic (exact) mass is 226 g/mol. The molecule has 17 heavy (non-hydrogen) atoms. The summed E-state index contributed by atoms with van der Waals surface area (Å²) < 4.78 is 0. The van der Waals surface area contributed by atoms with Crippen molar-refractivity contribution < 1.29 is 9.59 Å². The first-order valence-electron chi connectivity index (χ1n) is 5.98. The average molecular weight is 226 g/mol. The third-order valence-corrected chi connectivity index (χ3v) is 3.89. The Morgan fingerprint density at radius 1 is 1.12 bits per heavy atom. The van der Waals surface area contributed by atoms with Crippen LogP contribution < -0.4 is 0 Å². The number of hydrogen-bond donors (Lipinski definition) is 0. The van der Waals surface area contributed by atoms with Crippen molar-refractivity contribution >= 4 is 11.6 Å². The summed E-state index contributed by atoms with van der Waals surface area (Å²) >= 11 is 0. The van der Waals surface area contributed by atoms with Gasteiger partial charge in [-0.3, -0.25) is 9.59 Å². The van der Waals surface area contributed by atoms with E-state index < -0.39 is 5.41 Å². The van der Waals surface area contributed by atoms with E-state index in [0.717, 1.165) is 12.8 Å². The lowest BCUT2D eigenvalue weighted by molar-refractivity contribution is 0.0750.